The number of carbonyl (C=O) groups excluding carboxylic acids is 1. The van der Waals surface area contributed by atoms with E-state index in [-0.39, 0.29) is 11.6 Å². The summed E-state index contributed by atoms with van der Waals surface area (Å²) in [5.74, 6) is 8.15. The second-order valence-corrected chi connectivity index (χ2v) is 10.4. The minimum atomic E-state index is -0.410. The van der Waals surface area contributed by atoms with Crippen LogP contribution in [0.15, 0.2) is 63.5 Å². The van der Waals surface area contributed by atoms with Gasteiger partial charge >= 0.3 is 6.03 Å². The van der Waals surface area contributed by atoms with E-state index in [1.54, 1.807) is 32.4 Å². The van der Waals surface area contributed by atoms with Crippen LogP contribution in [0.5, 0.6) is 0 Å². The number of anilines is 2. The van der Waals surface area contributed by atoms with Crippen LogP contribution in [0.25, 0.3) is 0 Å². The normalized spacial score (nSPS) is 16.1. The fourth-order valence-corrected chi connectivity index (χ4v) is 3.96. The number of hydrogen-bond donors (Lipinski definition) is 2. The van der Waals surface area contributed by atoms with Crippen LogP contribution in [0, 0.1) is 11.8 Å². The van der Waals surface area contributed by atoms with E-state index in [0.29, 0.717) is 42.8 Å². The molecule has 2 N–H and O–H groups in total. The molecule has 1 atom stereocenters. The number of allylic oxidation sites excluding steroid dienone is 1. The zero-order valence-corrected chi connectivity index (χ0v) is 23.6. The van der Waals surface area contributed by atoms with E-state index < -0.39 is 6.03 Å². The van der Waals surface area contributed by atoms with Crippen molar-refractivity contribution >= 4 is 29.5 Å². The molecule has 0 spiro atoms. The van der Waals surface area contributed by atoms with Gasteiger partial charge in [0.2, 0.25) is 12.4 Å². The summed E-state index contributed by atoms with van der Waals surface area (Å²) in [5, 5.41) is 9.37. The Bertz CT molecular complexity index is 1380. The van der Waals surface area contributed by atoms with Crippen LogP contribution in [0.4, 0.5) is 16.3 Å². The Labute approximate surface area is 234 Å². The molecule has 0 bridgehead atoms. The third-order valence-electron chi connectivity index (χ3n) is 6.09. The van der Waals surface area contributed by atoms with Gasteiger partial charge in [0.25, 0.3) is 6.17 Å². The standard InChI is InChI=1S/C30H35N5O5/c1-30(2,3)26-18-27(34-40-26)33-29(36)32-23-11-8-21(9-12-23)10-13-24-19-35-20-25(39-16-15-38-5)22(7-6-14-37-4)17-28(35)31-24/h8-9,11-12,17-20,28H,6-7,14-16H2,1-5H3,(H-,31,32,33,34,36)/p+1. The van der Waals surface area contributed by atoms with E-state index in [9.17, 15) is 4.79 Å². The number of methoxy groups -OCH3 is 2. The van der Waals surface area contributed by atoms with Gasteiger partial charge in [0.15, 0.2) is 17.3 Å². The molecule has 2 aromatic rings. The zero-order valence-electron chi connectivity index (χ0n) is 23.6. The number of benzene rings is 1. The minimum Gasteiger partial charge on any atom is -0.485 e. The van der Waals surface area contributed by atoms with E-state index in [1.807, 2.05) is 49.9 Å². The van der Waals surface area contributed by atoms with Crippen molar-refractivity contribution < 1.29 is 28.1 Å². The molecule has 0 radical (unpaired) electrons. The number of aromatic nitrogens is 1. The highest BCUT2D eigenvalue weighted by Gasteiger charge is 2.31. The molecule has 210 valence electrons. The average molecular weight is 547 g/mol. The first-order chi connectivity index (χ1) is 19.2. The van der Waals surface area contributed by atoms with Gasteiger partial charge in [-0.1, -0.05) is 31.8 Å². The first-order valence-electron chi connectivity index (χ1n) is 13.2. The van der Waals surface area contributed by atoms with E-state index in [0.717, 1.165) is 29.7 Å². The van der Waals surface area contributed by atoms with E-state index in [4.69, 9.17) is 23.7 Å². The molecule has 1 aromatic carbocycles. The second-order valence-electron chi connectivity index (χ2n) is 10.4. The second kappa shape index (κ2) is 13.2. The number of aliphatic imine (C=N–C) groups is 1. The largest absolute Gasteiger partial charge is 0.485 e. The van der Waals surface area contributed by atoms with Crippen molar-refractivity contribution in [3.8, 4) is 11.8 Å². The smallest absolute Gasteiger partial charge is 0.324 e. The third-order valence-corrected chi connectivity index (χ3v) is 6.09. The van der Waals surface area contributed by atoms with E-state index in [2.05, 4.69) is 33.7 Å². The molecule has 1 aromatic heterocycles. The number of nitrogens with zero attached hydrogens (tertiary/aromatic N) is 3. The molecule has 2 aliphatic rings. The predicted molar refractivity (Wildman–Crippen MR) is 154 cm³/mol. The third kappa shape index (κ3) is 7.91. The van der Waals surface area contributed by atoms with Crippen LogP contribution in [0.3, 0.4) is 0 Å². The molecule has 1 unspecified atom stereocenters. The summed E-state index contributed by atoms with van der Waals surface area (Å²) in [6, 6.07) is 8.57. The number of urea groups is 1. The molecule has 0 aliphatic carbocycles. The maximum atomic E-state index is 12.4. The lowest BCUT2D eigenvalue weighted by Gasteiger charge is -2.17. The number of fused-ring (bicyclic) bond motifs is 1. The van der Waals surface area contributed by atoms with Gasteiger partial charge in [-0.15, -0.1) is 0 Å². The lowest BCUT2D eigenvalue weighted by atomic mass is 9.93. The number of rotatable bonds is 10. The first kappa shape index (κ1) is 28.8. The molecule has 10 heteroatoms. The Balaban J connectivity index is 1.37. The van der Waals surface area contributed by atoms with Crippen molar-refractivity contribution in [2.24, 2.45) is 4.99 Å². The highest BCUT2D eigenvalue weighted by atomic mass is 16.5. The van der Waals surface area contributed by atoms with Crippen molar-refractivity contribution in [3.05, 3.63) is 65.3 Å². The van der Waals surface area contributed by atoms with Gasteiger partial charge in [-0.3, -0.25) is 5.32 Å². The SMILES string of the molecule is COCCCC1=CC2N=C(C#Cc3ccc(NC(=O)Nc4cc(C(C)(C)C)on4)cc3)C=[N+]2C=C1OCCOC. The maximum absolute atomic E-state index is 12.4. The summed E-state index contributed by atoms with van der Waals surface area (Å²) in [6.07, 6.45) is 7.57. The molecular formula is C30H36N5O5+. The highest BCUT2D eigenvalue weighted by Crippen LogP contribution is 2.26. The molecule has 2 aliphatic heterocycles. The maximum Gasteiger partial charge on any atom is 0.324 e. The summed E-state index contributed by atoms with van der Waals surface area (Å²) >= 11 is 0. The Morgan fingerprint density at radius 3 is 2.55 bits per heavy atom. The van der Waals surface area contributed by atoms with Gasteiger partial charge in [-0.25, -0.2) is 4.79 Å². The van der Waals surface area contributed by atoms with Crippen molar-refractivity contribution in [3.63, 3.8) is 0 Å². The first-order valence-corrected chi connectivity index (χ1v) is 13.2. The Hall–Kier alpha value is -4.20. The predicted octanol–water partition coefficient (Wildman–Crippen LogP) is 4.70. The van der Waals surface area contributed by atoms with Crippen LogP contribution < -0.4 is 10.6 Å². The van der Waals surface area contributed by atoms with Crippen LogP contribution in [-0.2, 0) is 19.6 Å². The fourth-order valence-electron chi connectivity index (χ4n) is 3.96. The molecule has 0 fully saturated rings. The summed E-state index contributed by atoms with van der Waals surface area (Å²) in [4.78, 5) is 17.1. The highest BCUT2D eigenvalue weighted by molar-refractivity contribution is 6.38. The van der Waals surface area contributed by atoms with Crippen molar-refractivity contribution in [2.45, 2.75) is 45.2 Å². The molecule has 3 heterocycles. The van der Waals surface area contributed by atoms with Crippen LogP contribution in [0.1, 0.15) is 44.9 Å². The molecule has 40 heavy (non-hydrogen) atoms. The Morgan fingerprint density at radius 1 is 1.07 bits per heavy atom. The van der Waals surface area contributed by atoms with Gasteiger partial charge in [-0.2, -0.15) is 9.57 Å². The number of carbonyl (C=O) groups is 1. The Kier molecular flexibility index (Phi) is 9.53. The number of ether oxygens (including phenoxy) is 3. The lowest BCUT2D eigenvalue weighted by Crippen LogP contribution is -2.21. The number of nitrogens with one attached hydrogen (secondary N) is 2. The van der Waals surface area contributed by atoms with Crippen LogP contribution in [0.2, 0.25) is 0 Å². The van der Waals surface area contributed by atoms with Crippen molar-refractivity contribution in [1.29, 1.82) is 0 Å². The molecule has 4 rings (SSSR count). The summed E-state index contributed by atoms with van der Waals surface area (Å²) in [6.45, 7) is 7.70. The molecule has 10 nitrogen and oxygen atoms in total. The topological polar surface area (TPSA) is 110 Å². The van der Waals surface area contributed by atoms with E-state index >= 15 is 0 Å². The van der Waals surface area contributed by atoms with Gasteiger partial charge in [-0.05, 0) is 43.0 Å². The monoisotopic (exact) mass is 546 g/mol. The van der Waals surface area contributed by atoms with E-state index in [1.165, 1.54) is 0 Å². The lowest BCUT2D eigenvalue weighted by molar-refractivity contribution is -0.479. The molecule has 2 amide bonds. The molecule has 0 saturated heterocycles. The van der Waals surface area contributed by atoms with Crippen LogP contribution in [-0.4, -0.2) is 67.9 Å². The van der Waals surface area contributed by atoms with Gasteiger partial charge in [0.1, 0.15) is 12.4 Å². The quantitative estimate of drug-likeness (QED) is 0.254. The van der Waals surface area contributed by atoms with Crippen molar-refractivity contribution in [2.75, 3.05) is 44.7 Å². The summed E-state index contributed by atoms with van der Waals surface area (Å²) in [7, 11) is 3.36. The number of amides is 2. The summed E-state index contributed by atoms with van der Waals surface area (Å²) in [5.41, 5.74) is 3.01. The Morgan fingerprint density at radius 2 is 1.85 bits per heavy atom. The van der Waals surface area contributed by atoms with Gasteiger partial charge in [0.05, 0.1) is 6.61 Å². The average Bonchev–Trinajstić information content (AvgIpc) is 3.55. The van der Waals surface area contributed by atoms with Crippen molar-refractivity contribution in [1.82, 2.24) is 5.16 Å². The van der Waals surface area contributed by atoms with Crippen LogP contribution >= 0.6 is 0 Å². The van der Waals surface area contributed by atoms with Gasteiger partial charge in [0, 0.05) is 55.2 Å². The molecule has 0 saturated carbocycles. The number of hydrogen-bond acceptors (Lipinski definition) is 7. The van der Waals surface area contributed by atoms with Gasteiger partial charge < -0.3 is 24.1 Å². The molecular weight excluding hydrogens is 510 g/mol. The zero-order chi connectivity index (χ0) is 28.5. The minimum absolute atomic E-state index is 0.147. The fraction of sp³-hybridized carbons (Fsp3) is 0.400. The summed E-state index contributed by atoms with van der Waals surface area (Å²) < 4.78 is 23.6.